The molecule has 0 spiro atoms. The molecular formula is C20H20FN7O2. The highest BCUT2D eigenvalue weighted by Crippen LogP contribution is 2.34. The highest BCUT2D eigenvalue weighted by atomic mass is 19.1. The average molecular weight is 409 g/mol. The fourth-order valence-electron chi connectivity index (χ4n) is 3.37. The lowest BCUT2D eigenvalue weighted by molar-refractivity contribution is -0.0329. The SMILES string of the molecule is C[C@H]1Oc2nc(cnc2N)-c2c(nn(C)c2C#N)CCN(C)Oc2ccc(F)cc21. The zero-order valence-electron chi connectivity index (χ0n) is 16.8. The number of likely N-dealkylation sites (N-methyl/N-ethyl adjacent to an activating group) is 1. The molecule has 1 aliphatic heterocycles. The van der Waals surface area contributed by atoms with Gasteiger partial charge in [0.2, 0.25) is 0 Å². The molecule has 0 fully saturated rings. The molecule has 3 heterocycles. The molecule has 0 saturated carbocycles. The highest BCUT2D eigenvalue weighted by Gasteiger charge is 2.24. The molecule has 2 bridgehead atoms. The van der Waals surface area contributed by atoms with Gasteiger partial charge in [0.25, 0.3) is 5.88 Å². The number of anilines is 1. The third kappa shape index (κ3) is 3.51. The molecule has 30 heavy (non-hydrogen) atoms. The Bertz CT molecular complexity index is 1150. The molecule has 10 heteroatoms. The van der Waals surface area contributed by atoms with E-state index in [4.69, 9.17) is 15.3 Å². The molecule has 4 rings (SSSR count). The number of hydrogen-bond donors (Lipinski definition) is 1. The molecule has 0 radical (unpaired) electrons. The molecule has 0 unspecified atom stereocenters. The molecule has 9 nitrogen and oxygen atoms in total. The topological polar surface area (TPSA) is 115 Å². The molecule has 3 aromatic rings. The van der Waals surface area contributed by atoms with Gasteiger partial charge in [-0.25, -0.2) is 14.4 Å². The molecule has 2 N–H and O–H groups in total. The summed E-state index contributed by atoms with van der Waals surface area (Å²) in [6.07, 6.45) is 1.35. The Morgan fingerprint density at radius 2 is 2.13 bits per heavy atom. The van der Waals surface area contributed by atoms with E-state index in [1.54, 1.807) is 32.1 Å². The van der Waals surface area contributed by atoms with E-state index >= 15 is 0 Å². The van der Waals surface area contributed by atoms with Gasteiger partial charge in [-0.2, -0.15) is 10.4 Å². The van der Waals surface area contributed by atoms with E-state index in [0.29, 0.717) is 46.9 Å². The number of hydrogen-bond acceptors (Lipinski definition) is 8. The van der Waals surface area contributed by atoms with Crippen molar-refractivity contribution in [3.63, 3.8) is 0 Å². The molecule has 154 valence electrons. The van der Waals surface area contributed by atoms with E-state index in [-0.39, 0.29) is 11.7 Å². The van der Waals surface area contributed by atoms with Crippen molar-refractivity contribution in [2.24, 2.45) is 7.05 Å². The second-order valence-corrected chi connectivity index (χ2v) is 6.99. The Morgan fingerprint density at radius 1 is 1.33 bits per heavy atom. The number of aromatic nitrogens is 4. The van der Waals surface area contributed by atoms with Gasteiger partial charge in [-0.05, 0) is 25.1 Å². The summed E-state index contributed by atoms with van der Waals surface area (Å²) >= 11 is 0. The molecule has 0 aliphatic carbocycles. The third-order valence-corrected chi connectivity index (χ3v) is 4.86. The fraction of sp³-hybridized carbons (Fsp3) is 0.300. The number of halogens is 1. The normalized spacial score (nSPS) is 16.6. The number of aryl methyl sites for hydroxylation is 1. The predicted molar refractivity (Wildman–Crippen MR) is 106 cm³/mol. The first-order chi connectivity index (χ1) is 14.4. The van der Waals surface area contributed by atoms with E-state index in [0.717, 1.165) is 0 Å². The van der Waals surface area contributed by atoms with E-state index in [9.17, 15) is 9.65 Å². The van der Waals surface area contributed by atoms with Crippen LogP contribution in [0.1, 0.15) is 30.0 Å². The molecule has 0 saturated heterocycles. The molecule has 1 atom stereocenters. The zero-order chi connectivity index (χ0) is 21.4. The molecule has 1 aliphatic rings. The van der Waals surface area contributed by atoms with Crippen LogP contribution in [0.5, 0.6) is 11.6 Å². The van der Waals surface area contributed by atoms with E-state index in [2.05, 4.69) is 21.1 Å². The lowest BCUT2D eigenvalue weighted by Crippen LogP contribution is -2.26. The second kappa shape index (κ2) is 7.61. The second-order valence-electron chi connectivity index (χ2n) is 6.99. The Hall–Kier alpha value is -3.71. The first kappa shape index (κ1) is 19.6. The summed E-state index contributed by atoms with van der Waals surface area (Å²) in [5.74, 6) is 0.206. The van der Waals surface area contributed by atoms with Crippen molar-refractivity contribution in [1.82, 2.24) is 24.8 Å². The van der Waals surface area contributed by atoms with Crippen LogP contribution < -0.4 is 15.3 Å². The Balaban J connectivity index is 1.88. The zero-order valence-corrected chi connectivity index (χ0v) is 16.8. The number of hydroxylamine groups is 2. The fourth-order valence-corrected chi connectivity index (χ4v) is 3.37. The number of nitriles is 1. The van der Waals surface area contributed by atoms with Crippen LogP contribution in [-0.4, -0.2) is 38.4 Å². The number of nitrogen functional groups attached to an aromatic ring is 1. The van der Waals surface area contributed by atoms with E-state index < -0.39 is 11.9 Å². The summed E-state index contributed by atoms with van der Waals surface area (Å²) in [6, 6.07) is 6.39. The first-order valence-corrected chi connectivity index (χ1v) is 9.31. The summed E-state index contributed by atoms with van der Waals surface area (Å²) in [4.78, 5) is 14.6. The standard InChI is InChI=1S/C20H20FN7O2/c1-11-13-8-12(21)4-5-17(13)30-27(2)7-6-14-18(16(9-22)28(3)26-14)15-10-24-19(23)20(25-15)29-11/h4-5,8,10-11H,6-7H2,1-3H3,(H2,23,24)/t11-/m1/s1. The smallest absolute Gasteiger partial charge is 0.258 e. The van der Waals surface area contributed by atoms with Crippen molar-refractivity contribution in [3.05, 3.63) is 47.2 Å². The molecule has 2 aromatic heterocycles. The van der Waals surface area contributed by atoms with Crippen molar-refractivity contribution in [3.8, 4) is 29.0 Å². The Kier molecular flexibility index (Phi) is 4.97. The summed E-state index contributed by atoms with van der Waals surface area (Å²) in [6.45, 7) is 2.21. The van der Waals surface area contributed by atoms with Crippen LogP contribution >= 0.6 is 0 Å². The largest absolute Gasteiger partial charge is 0.467 e. The highest BCUT2D eigenvalue weighted by molar-refractivity contribution is 5.69. The van der Waals surface area contributed by atoms with Gasteiger partial charge in [-0.1, -0.05) is 0 Å². The average Bonchev–Trinajstić information content (AvgIpc) is 3.04. The van der Waals surface area contributed by atoms with Gasteiger partial charge in [0, 0.05) is 32.6 Å². The molecular weight excluding hydrogens is 389 g/mol. The van der Waals surface area contributed by atoms with Crippen molar-refractivity contribution >= 4 is 5.82 Å². The predicted octanol–water partition coefficient (Wildman–Crippen LogP) is 2.39. The minimum Gasteiger partial charge on any atom is -0.467 e. The quantitative estimate of drug-likeness (QED) is 0.602. The maximum Gasteiger partial charge on any atom is 0.258 e. The van der Waals surface area contributed by atoms with Crippen molar-refractivity contribution in [2.75, 3.05) is 19.3 Å². The lowest BCUT2D eigenvalue weighted by atomic mass is 10.1. The van der Waals surface area contributed by atoms with Crippen LogP contribution in [0, 0.1) is 17.1 Å². The Labute approximate surface area is 172 Å². The monoisotopic (exact) mass is 409 g/mol. The maximum absolute atomic E-state index is 13.9. The number of benzene rings is 1. The Morgan fingerprint density at radius 3 is 2.90 bits per heavy atom. The van der Waals surface area contributed by atoms with Gasteiger partial charge >= 0.3 is 0 Å². The first-order valence-electron chi connectivity index (χ1n) is 9.31. The summed E-state index contributed by atoms with van der Waals surface area (Å²) in [7, 11) is 3.47. The molecule has 1 aromatic carbocycles. The van der Waals surface area contributed by atoms with Crippen LogP contribution in [0.2, 0.25) is 0 Å². The van der Waals surface area contributed by atoms with Crippen molar-refractivity contribution in [1.29, 1.82) is 5.26 Å². The number of ether oxygens (including phenoxy) is 1. The summed E-state index contributed by atoms with van der Waals surface area (Å²) in [5.41, 5.74) is 8.50. The summed E-state index contributed by atoms with van der Waals surface area (Å²) in [5, 5.41) is 15.7. The lowest BCUT2D eigenvalue weighted by Gasteiger charge is -2.22. The summed E-state index contributed by atoms with van der Waals surface area (Å²) < 4.78 is 21.4. The van der Waals surface area contributed by atoms with Gasteiger partial charge in [-0.3, -0.25) is 4.68 Å². The number of nitrogens with zero attached hydrogens (tertiary/aromatic N) is 6. The minimum absolute atomic E-state index is 0.0837. The van der Waals surface area contributed by atoms with Crippen molar-refractivity contribution in [2.45, 2.75) is 19.4 Å². The van der Waals surface area contributed by atoms with Gasteiger partial charge in [0.05, 0.1) is 23.1 Å². The minimum atomic E-state index is -0.625. The maximum atomic E-state index is 13.9. The van der Waals surface area contributed by atoms with Crippen LogP contribution in [0.25, 0.3) is 11.3 Å². The van der Waals surface area contributed by atoms with Gasteiger partial charge in [0.15, 0.2) is 11.6 Å². The number of rotatable bonds is 0. The van der Waals surface area contributed by atoms with Crippen LogP contribution in [0.4, 0.5) is 10.2 Å². The third-order valence-electron chi connectivity index (χ3n) is 4.86. The molecule has 0 amide bonds. The van der Waals surface area contributed by atoms with E-state index in [1.807, 2.05) is 0 Å². The van der Waals surface area contributed by atoms with Crippen LogP contribution in [0.15, 0.2) is 24.4 Å². The number of nitrogens with two attached hydrogens (primary N) is 1. The number of fused-ring (bicyclic) bond motifs is 5. The van der Waals surface area contributed by atoms with Crippen molar-refractivity contribution < 1.29 is 14.0 Å². The van der Waals surface area contributed by atoms with Gasteiger partial charge in [-0.15, -0.1) is 5.06 Å². The van der Waals surface area contributed by atoms with E-state index in [1.165, 1.54) is 23.0 Å². The van der Waals surface area contributed by atoms with Crippen LogP contribution in [-0.2, 0) is 13.5 Å². The van der Waals surface area contributed by atoms with Gasteiger partial charge < -0.3 is 15.3 Å². The van der Waals surface area contributed by atoms with Gasteiger partial charge in [0.1, 0.15) is 23.7 Å². The van der Waals surface area contributed by atoms with Crippen LogP contribution in [0.3, 0.4) is 0 Å².